The van der Waals surface area contributed by atoms with Gasteiger partial charge in [0, 0.05) is 6.07 Å². The summed E-state index contributed by atoms with van der Waals surface area (Å²) in [5.74, 6) is -0.158. The standard InChI is InChI=1S/C19H21NO5/c1-12(2)25-17-8-7-15(24-3)11-16(17)20-18(21)10-13-5-4-6-14(9-13)19(22)23/h4-9,11-12H,10H2,1-3H3,(H,20,21)(H,22,23). The van der Waals surface area contributed by atoms with Crippen molar-refractivity contribution >= 4 is 17.6 Å². The van der Waals surface area contributed by atoms with Crippen LogP contribution in [-0.4, -0.2) is 30.2 Å². The van der Waals surface area contributed by atoms with Crippen molar-refractivity contribution in [1.29, 1.82) is 0 Å². The second-order valence-electron chi connectivity index (χ2n) is 5.76. The summed E-state index contributed by atoms with van der Waals surface area (Å²) in [5, 5.41) is 11.8. The molecule has 132 valence electrons. The first-order valence-electron chi connectivity index (χ1n) is 7.86. The number of carbonyl (C=O) groups is 2. The van der Waals surface area contributed by atoms with Crippen molar-refractivity contribution in [1.82, 2.24) is 0 Å². The van der Waals surface area contributed by atoms with Crippen LogP contribution in [0.2, 0.25) is 0 Å². The van der Waals surface area contributed by atoms with E-state index in [1.165, 1.54) is 12.1 Å². The first kappa shape index (κ1) is 18.3. The summed E-state index contributed by atoms with van der Waals surface area (Å²) in [6.45, 7) is 3.79. The zero-order valence-corrected chi connectivity index (χ0v) is 14.4. The molecule has 0 aliphatic rings. The number of methoxy groups -OCH3 is 1. The van der Waals surface area contributed by atoms with Gasteiger partial charge in [0.2, 0.25) is 5.91 Å². The van der Waals surface area contributed by atoms with Crippen molar-refractivity contribution in [3.8, 4) is 11.5 Å². The van der Waals surface area contributed by atoms with Gasteiger partial charge in [-0.1, -0.05) is 12.1 Å². The van der Waals surface area contributed by atoms with Gasteiger partial charge in [-0.2, -0.15) is 0 Å². The van der Waals surface area contributed by atoms with Crippen molar-refractivity contribution in [2.75, 3.05) is 12.4 Å². The molecule has 0 saturated carbocycles. The van der Waals surface area contributed by atoms with Gasteiger partial charge in [0.05, 0.1) is 30.9 Å². The molecule has 1 amide bonds. The van der Waals surface area contributed by atoms with Crippen LogP contribution in [-0.2, 0) is 11.2 Å². The molecule has 2 aromatic carbocycles. The summed E-state index contributed by atoms with van der Waals surface area (Å²) in [4.78, 5) is 23.4. The number of anilines is 1. The van der Waals surface area contributed by atoms with Crippen molar-refractivity contribution in [3.63, 3.8) is 0 Å². The van der Waals surface area contributed by atoms with E-state index in [4.69, 9.17) is 14.6 Å². The van der Waals surface area contributed by atoms with Gasteiger partial charge in [0.25, 0.3) is 0 Å². The molecule has 0 spiro atoms. The van der Waals surface area contributed by atoms with Gasteiger partial charge in [-0.15, -0.1) is 0 Å². The second kappa shape index (κ2) is 8.19. The first-order valence-corrected chi connectivity index (χ1v) is 7.86. The fourth-order valence-electron chi connectivity index (χ4n) is 2.28. The molecule has 0 atom stereocenters. The molecule has 0 aromatic heterocycles. The van der Waals surface area contributed by atoms with Crippen LogP contribution in [0.1, 0.15) is 29.8 Å². The van der Waals surface area contributed by atoms with Crippen LogP contribution in [0.15, 0.2) is 42.5 Å². The summed E-state index contributed by atoms with van der Waals surface area (Å²) in [6, 6.07) is 11.5. The van der Waals surface area contributed by atoms with Crippen molar-refractivity contribution < 1.29 is 24.2 Å². The molecule has 2 aromatic rings. The number of carbonyl (C=O) groups excluding carboxylic acids is 1. The van der Waals surface area contributed by atoms with E-state index in [0.29, 0.717) is 22.7 Å². The molecule has 6 nitrogen and oxygen atoms in total. The molecule has 2 rings (SSSR count). The summed E-state index contributed by atoms with van der Waals surface area (Å²) in [5.41, 5.74) is 1.27. The van der Waals surface area contributed by atoms with Gasteiger partial charge >= 0.3 is 5.97 Å². The maximum absolute atomic E-state index is 12.3. The first-order chi connectivity index (χ1) is 11.9. The zero-order valence-electron chi connectivity index (χ0n) is 14.4. The third-order valence-corrected chi connectivity index (χ3v) is 3.36. The van der Waals surface area contributed by atoms with E-state index in [1.54, 1.807) is 37.4 Å². The Bertz CT molecular complexity index is 770. The number of benzene rings is 2. The van der Waals surface area contributed by atoms with E-state index in [0.717, 1.165) is 0 Å². The Morgan fingerprint density at radius 2 is 1.92 bits per heavy atom. The van der Waals surface area contributed by atoms with Crippen LogP contribution in [0.3, 0.4) is 0 Å². The third-order valence-electron chi connectivity index (χ3n) is 3.36. The normalized spacial score (nSPS) is 10.4. The van der Waals surface area contributed by atoms with Gasteiger partial charge in [0.15, 0.2) is 0 Å². The maximum Gasteiger partial charge on any atom is 0.335 e. The minimum Gasteiger partial charge on any atom is -0.497 e. The summed E-state index contributed by atoms with van der Waals surface area (Å²) >= 11 is 0. The van der Waals surface area contributed by atoms with Gasteiger partial charge < -0.3 is 19.9 Å². The summed E-state index contributed by atoms with van der Waals surface area (Å²) < 4.78 is 10.9. The van der Waals surface area contributed by atoms with Crippen LogP contribution in [0, 0.1) is 0 Å². The number of aromatic carboxylic acids is 1. The predicted octanol–water partition coefficient (Wildman–Crippen LogP) is 3.36. The molecule has 0 bridgehead atoms. The molecule has 0 unspecified atom stereocenters. The highest BCUT2D eigenvalue weighted by Gasteiger charge is 2.12. The number of ether oxygens (including phenoxy) is 2. The highest BCUT2D eigenvalue weighted by Crippen LogP contribution is 2.30. The molecular weight excluding hydrogens is 322 g/mol. The van der Waals surface area contributed by atoms with Crippen molar-refractivity contribution in [2.24, 2.45) is 0 Å². The SMILES string of the molecule is COc1ccc(OC(C)C)c(NC(=O)Cc2cccc(C(=O)O)c2)c1. The summed E-state index contributed by atoms with van der Waals surface area (Å²) in [6.07, 6.45) is 0.00991. The largest absolute Gasteiger partial charge is 0.497 e. The van der Waals surface area contributed by atoms with Gasteiger partial charge in [-0.3, -0.25) is 4.79 Å². The van der Waals surface area contributed by atoms with Crippen LogP contribution >= 0.6 is 0 Å². The second-order valence-corrected chi connectivity index (χ2v) is 5.76. The Balaban J connectivity index is 2.16. The monoisotopic (exact) mass is 343 g/mol. The predicted molar refractivity (Wildman–Crippen MR) is 94.5 cm³/mol. The highest BCUT2D eigenvalue weighted by molar-refractivity contribution is 5.94. The number of hydrogen-bond donors (Lipinski definition) is 2. The Morgan fingerprint density at radius 3 is 2.56 bits per heavy atom. The van der Waals surface area contributed by atoms with Crippen molar-refractivity contribution in [3.05, 3.63) is 53.6 Å². The lowest BCUT2D eigenvalue weighted by molar-refractivity contribution is -0.115. The Kier molecular flexibility index (Phi) is 6.00. The van der Waals surface area contributed by atoms with E-state index in [9.17, 15) is 9.59 Å². The van der Waals surface area contributed by atoms with Crippen LogP contribution in [0.4, 0.5) is 5.69 Å². The molecule has 0 radical (unpaired) electrons. The van der Waals surface area contributed by atoms with Gasteiger partial charge in [-0.25, -0.2) is 4.79 Å². The Morgan fingerprint density at radius 1 is 1.16 bits per heavy atom. The Labute approximate surface area is 146 Å². The molecule has 0 fully saturated rings. The van der Waals surface area contributed by atoms with E-state index in [2.05, 4.69) is 5.32 Å². The van der Waals surface area contributed by atoms with Crippen LogP contribution in [0.25, 0.3) is 0 Å². The van der Waals surface area contributed by atoms with Crippen LogP contribution < -0.4 is 14.8 Å². The molecule has 0 heterocycles. The molecule has 0 aliphatic heterocycles. The lowest BCUT2D eigenvalue weighted by Crippen LogP contribution is -2.16. The molecule has 0 saturated heterocycles. The number of amides is 1. The van der Waals surface area contributed by atoms with Crippen molar-refractivity contribution in [2.45, 2.75) is 26.4 Å². The van der Waals surface area contributed by atoms with E-state index in [1.807, 2.05) is 13.8 Å². The molecular formula is C19H21NO5. The van der Waals surface area contributed by atoms with E-state index in [-0.39, 0.29) is 24.0 Å². The lowest BCUT2D eigenvalue weighted by Gasteiger charge is -2.16. The topological polar surface area (TPSA) is 84.9 Å². The van der Waals surface area contributed by atoms with E-state index >= 15 is 0 Å². The quantitative estimate of drug-likeness (QED) is 0.805. The third kappa shape index (κ3) is 5.24. The number of carboxylic acid groups (broad SMARTS) is 1. The number of carboxylic acids is 1. The minimum absolute atomic E-state index is 0.0451. The molecule has 2 N–H and O–H groups in total. The maximum atomic E-state index is 12.3. The Hall–Kier alpha value is -3.02. The average Bonchev–Trinajstić information content (AvgIpc) is 2.56. The average molecular weight is 343 g/mol. The highest BCUT2D eigenvalue weighted by atomic mass is 16.5. The van der Waals surface area contributed by atoms with Crippen LogP contribution in [0.5, 0.6) is 11.5 Å². The number of rotatable bonds is 7. The molecule has 25 heavy (non-hydrogen) atoms. The van der Waals surface area contributed by atoms with E-state index < -0.39 is 5.97 Å². The lowest BCUT2D eigenvalue weighted by atomic mass is 10.1. The number of hydrogen-bond acceptors (Lipinski definition) is 4. The number of nitrogens with one attached hydrogen (secondary N) is 1. The molecule has 6 heteroatoms. The van der Waals surface area contributed by atoms with Gasteiger partial charge in [-0.05, 0) is 43.7 Å². The van der Waals surface area contributed by atoms with Gasteiger partial charge in [0.1, 0.15) is 11.5 Å². The fraction of sp³-hybridized carbons (Fsp3) is 0.263. The zero-order chi connectivity index (χ0) is 18.4. The fourth-order valence-corrected chi connectivity index (χ4v) is 2.28. The smallest absolute Gasteiger partial charge is 0.335 e. The minimum atomic E-state index is -1.03. The summed E-state index contributed by atoms with van der Waals surface area (Å²) in [7, 11) is 1.54. The molecule has 0 aliphatic carbocycles.